The van der Waals surface area contributed by atoms with E-state index in [0.717, 1.165) is 31.4 Å². The molecule has 29 heavy (non-hydrogen) atoms. The number of nitrogens with zero attached hydrogens (tertiary/aromatic N) is 4. The van der Waals surface area contributed by atoms with Crippen molar-refractivity contribution >= 4 is 16.9 Å². The van der Waals surface area contributed by atoms with Gasteiger partial charge in [0.15, 0.2) is 11.3 Å². The van der Waals surface area contributed by atoms with Crippen LogP contribution in [0.2, 0.25) is 0 Å². The Kier molecular flexibility index (Phi) is 5.10. The van der Waals surface area contributed by atoms with Crippen LogP contribution in [0.15, 0.2) is 24.3 Å². The van der Waals surface area contributed by atoms with Crippen LogP contribution in [-0.2, 0) is 0 Å². The number of aliphatic hydroxyl groups is 1. The molecule has 1 aliphatic rings. The van der Waals surface area contributed by atoms with E-state index in [-0.39, 0.29) is 17.4 Å². The zero-order valence-electron chi connectivity index (χ0n) is 16.5. The van der Waals surface area contributed by atoms with Crippen molar-refractivity contribution in [3.8, 4) is 17.0 Å². The summed E-state index contributed by atoms with van der Waals surface area (Å²) in [6.45, 7) is 5.52. The molecule has 9 heteroatoms. The standard InChI is InChI=1S/C20H25FN6O2/c1-20(2,29)11-23-19-18-16(27(26-19)13-5-7-22-8-6-13)10-15(24-25-18)14-9-12(21)3-4-17(14)28/h3-4,9-10,13,22,28-29H,5-8,11H2,1-2H3,(H,23,26). The van der Waals surface area contributed by atoms with Crippen LogP contribution < -0.4 is 10.6 Å². The highest BCUT2D eigenvalue weighted by molar-refractivity contribution is 5.88. The average molecular weight is 400 g/mol. The van der Waals surface area contributed by atoms with Crippen molar-refractivity contribution in [1.82, 2.24) is 25.3 Å². The van der Waals surface area contributed by atoms with E-state index in [1.807, 2.05) is 4.68 Å². The second-order valence-corrected chi connectivity index (χ2v) is 8.07. The Balaban J connectivity index is 1.81. The van der Waals surface area contributed by atoms with Gasteiger partial charge in [-0.25, -0.2) is 4.39 Å². The summed E-state index contributed by atoms with van der Waals surface area (Å²) in [5.41, 5.74) is 1.07. The number of phenolic OH excluding ortho intramolecular Hbond substituents is 1. The van der Waals surface area contributed by atoms with Gasteiger partial charge in [0.25, 0.3) is 0 Å². The van der Waals surface area contributed by atoms with Crippen molar-refractivity contribution in [1.29, 1.82) is 0 Å². The first kappa shape index (κ1) is 19.5. The fourth-order valence-electron chi connectivity index (χ4n) is 3.53. The molecule has 4 rings (SSSR count). The molecule has 0 radical (unpaired) electrons. The van der Waals surface area contributed by atoms with Gasteiger partial charge in [-0.2, -0.15) is 5.10 Å². The molecular formula is C20H25FN6O2. The molecule has 1 aromatic carbocycles. The van der Waals surface area contributed by atoms with Crippen molar-refractivity contribution < 1.29 is 14.6 Å². The van der Waals surface area contributed by atoms with E-state index in [2.05, 4.69) is 20.8 Å². The van der Waals surface area contributed by atoms with Gasteiger partial charge in [0.2, 0.25) is 0 Å². The third-order valence-electron chi connectivity index (χ3n) is 5.03. The van der Waals surface area contributed by atoms with Crippen molar-refractivity contribution in [2.24, 2.45) is 0 Å². The predicted octanol–water partition coefficient (Wildman–Crippen LogP) is 2.45. The van der Waals surface area contributed by atoms with E-state index in [4.69, 9.17) is 5.10 Å². The van der Waals surface area contributed by atoms with Gasteiger partial charge >= 0.3 is 0 Å². The van der Waals surface area contributed by atoms with Crippen LogP contribution in [0, 0.1) is 5.82 Å². The summed E-state index contributed by atoms with van der Waals surface area (Å²) in [7, 11) is 0. The molecule has 3 heterocycles. The number of fused-ring (bicyclic) bond motifs is 1. The number of anilines is 1. The lowest BCUT2D eigenvalue weighted by Crippen LogP contribution is -2.30. The Morgan fingerprint density at radius 2 is 2.00 bits per heavy atom. The Morgan fingerprint density at radius 3 is 2.72 bits per heavy atom. The first-order valence-electron chi connectivity index (χ1n) is 9.73. The summed E-state index contributed by atoms with van der Waals surface area (Å²) >= 11 is 0. The molecule has 1 fully saturated rings. The van der Waals surface area contributed by atoms with Gasteiger partial charge in [-0.05, 0) is 64.0 Å². The van der Waals surface area contributed by atoms with Gasteiger partial charge in [0.05, 0.1) is 22.9 Å². The highest BCUT2D eigenvalue weighted by Crippen LogP contribution is 2.33. The molecular weight excluding hydrogens is 375 g/mol. The van der Waals surface area contributed by atoms with Crippen LogP contribution in [0.1, 0.15) is 32.7 Å². The number of aromatic hydroxyl groups is 1. The van der Waals surface area contributed by atoms with Gasteiger partial charge in [-0.15, -0.1) is 10.2 Å². The number of aromatic nitrogens is 4. The van der Waals surface area contributed by atoms with Gasteiger partial charge in [-0.3, -0.25) is 4.68 Å². The molecule has 154 valence electrons. The van der Waals surface area contributed by atoms with Crippen LogP contribution >= 0.6 is 0 Å². The van der Waals surface area contributed by atoms with E-state index < -0.39 is 11.4 Å². The van der Waals surface area contributed by atoms with Crippen LogP contribution in [0.4, 0.5) is 10.2 Å². The smallest absolute Gasteiger partial charge is 0.176 e. The molecule has 0 atom stereocenters. The Labute approximate surface area is 167 Å². The number of rotatable bonds is 5. The lowest BCUT2D eigenvalue weighted by atomic mass is 10.1. The number of piperidine rings is 1. The van der Waals surface area contributed by atoms with Crippen LogP contribution in [-0.4, -0.2) is 55.4 Å². The number of hydrogen-bond donors (Lipinski definition) is 4. The van der Waals surface area contributed by atoms with Crippen LogP contribution in [0.25, 0.3) is 22.3 Å². The maximum absolute atomic E-state index is 13.7. The van der Waals surface area contributed by atoms with Crippen molar-refractivity contribution in [3.05, 3.63) is 30.1 Å². The third kappa shape index (κ3) is 4.15. The molecule has 0 aliphatic carbocycles. The molecule has 3 aromatic rings. The van der Waals surface area contributed by atoms with Gasteiger partial charge in [0.1, 0.15) is 11.6 Å². The van der Waals surface area contributed by atoms with Crippen LogP contribution in [0.3, 0.4) is 0 Å². The molecule has 0 amide bonds. The van der Waals surface area contributed by atoms with Gasteiger partial charge in [-0.1, -0.05) is 0 Å². The Hall–Kier alpha value is -2.78. The van der Waals surface area contributed by atoms with Crippen molar-refractivity contribution in [2.45, 2.75) is 38.3 Å². The molecule has 4 N–H and O–H groups in total. The minimum absolute atomic E-state index is 0.0617. The molecule has 2 aromatic heterocycles. The second kappa shape index (κ2) is 7.57. The summed E-state index contributed by atoms with van der Waals surface area (Å²) in [5, 5.41) is 39.9. The summed E-state index contributed by atoms with van der Waals surface area (Å²) in [6.07, 6.45) is 1.84. The van der Waals surface area contributed by atoms with Crippen LogP contribution in [0.5, 0.6) is 5.75 Å². The van der Waals surface area contributed by atoms with E-state index in [9.17, 15) is 14.6 Å². The number of benzene rings is 1. The quantitative estimate of drug-likeness (QED) is 0.521. The van der Waals surface area contributed by atoms with E-state index in [1.54, 1.807) is 19.9 Å². The fourth-order valence-corrected chi connectivity index (χ4v) is 3.53. The maximum Gasteiger partial charge on any atom is 0.176 e. The summed E-state index contributed by atoms with van der Waals surface area (Å²) in [6, 6.07) is 5.71. The van der Waals surface area contributed by atoms with Gasteiger partial charge < -0.3 is 20.8 Å². The molecule has 1 aliphatic heterocycles. The maximum atomic E-state index is 13.7. The molecule has 1 saturated heterocycles. The number of hydrogen-bond acceptors (Lipinski definition) is 7. The summed E-state index contributed by atoms with van der Waals surface area (Å²) < 4.78 is 15.6. The van der Waals surface area contributed by atoms with Crippen molar-refractivity contribution in [3.63, 3.8) is 0 Å². The SMILES string of the molecule is CC(C)(O)CNc1nn(C2CCNCC2)c2cc(-c3cc(F)ccc3O)nnc12. The van der Waals surface area contributed by atoms with E-state index >= 15 is 0 Å². The number of phenols is 1. The summed E-state index contributed by atoms with van der Waals surface area (Å²) in [5.74, 6) is 0.0237. The fraction of sp³-hybridized carbons (Fsp3) is 0.450. The zero-order valence-corrected chi connectivity index (χ0v) is 16.5. The highest BCUT2D eigenvalue weighted by Gasteiger charge is 2.23. The highest BCUT2D eigenvalue weighted by atomic mass is 19.1. The minimum Gasteiger partial charge on any atom is -0.507 e. The zero-order chi connectivity index (χ0) is 20.6. The molecule has 0 bridgehead atoms. The van der Waals surface area contributed by atoms with E-state index in [1.165, 1.54) is 18.2 Å². The third-order valence-corrected chi connectivity index (χ3v) is 5.03. The second-order valence-electron chi connectivity index (χ2n) is 8.07. The predicted molar refractivity (Wildman–Crippen MR) is 108 cm³/mol. The molecule has 0 spiro atoms. The summed E-state index contributed by atoms with van der Waals surface area (Å²) in [4.78, 5) is 0. The average Bonchev–Trinajstić information content (AvgIpc) is 3.06. The lowest BCUT2D eigenvalue weighted by Gasteiger charge is -2.23. The monoisotopic (exact) mass is 400 g/mol. The van der Waals surface area contributed by atoms with E-state index in [0.29, 0.717) is 23.6 Å². The molecule has 0 saturated carbocycles. The van der Waals surface area contributed by atoms with Crippen molar-refractivity contribution in [2.75, 3.05) is 25.0 Å². The topological polar surface area (TPSA) is 108 Å². The normalized spacial score (nSPS) is 15.7. The first-order chi connectivity index (χ1) is 13.8. The Bertz CT molecular complexity index is 1020. The number of nitrogens with one attached hydrogen (secondary N) is 2. The largest absolute Gasteiger partial charge is 0.507 e. The lowest BCUT2D eigenvalue weighted by molar-refractivity contribution is 0.0944. The number of halogens is 1. The Morgan fingerprint density at radius 1 is 1.24 bits per heavy atom. The first-order valence-corrected chi connectivity index (χ1v) is 9.73. The molecule has 8 nitrogen and oxygen atoms in total. The van der Waals surface area contributed by atoms with Gasteiger partial charge in [0, 0.05) is 12.1 Å². The molecule has 0 unspecified atom stereocenters. The minimum atomic E-state index is -0.911.